The number of hydrogen-bond donors (Lipinski definition) is 2. The Morgan fingerprint density at radius 1 is 1.30 bits per heavy atom. The fraction of sp³-hybridized carbons (Fsp3) is 0.533. The first-order valence-electron chi connectivity index (χ1n) is 6.87. The molecule has 0 atom stereocenters. The fourth-order valence-corrected chi connectivity index (χ4v) is 3.18. The van der Waals surface area contributed by atoms with E-state index in [0.29, 0.717) is 6.54 Å². The minimum Gasteiger partial charge on any atom is -0.354 e. The number of nitrogens with two attached hydrogens (primary N) is 1. The number of nitrogens with one attached hydrogen (secondary N) is 1. The summed E-state index contributed by atoms with van der Waals surface area (Å²) in [5, 5.41) is 3.07. The molecule has 3 N–H and O–H groups in total. The monoisotopic (exact) mass is 358 g/mol. The van der Waals surface area contributed by atoms with Crippen LogP contribution in [0, 0.1) is 0 Å². The lowest BCUT2D eigenvalue weighted by Crippen LogP contribution is -2.50. The molecule has 5 heteroatoms. The molecular weight excluding hydrogens is 340 g/mol. The van der Waals surface area contributed by atoms with E-state index in [1.165, 1.54) is 12.0 Å². The van der Waals surface area contributed by atoms with Gasteiger partial charge in [0.15, 0.2) is 0 Å². The van der Waals surface area contributed by atoms with Gasteiger partial charge >= 0.3 is 0 Å². The van der Waals surface area contributed by atoms with E-state index in [9.17, 15) is 4.79 Å². The van der Waals surface area contributed by atoms with Crippen LogP contribution < -0.4 is 11.1 Å². The number of amides is 1. The van der Waals surface area contributed by atoms with E-state index in [1.807, 2.05) is 6.07 Å². The first-order valence-corrected chi connectivity index (χ1v) is 7.67. The minimum absolute atomic E-state index is 0. The maximum absolute atomic E-state index is 12.0. The first kappa shape index (κ1) is 15.8. The van der Waals surface area contributed by atoms with Crippen LogP contribution >= 0.6 is 28.3 Å². The molecule has 1 aromatic rings. The van der Waals surface area contributed by atoms with E-state index >= 15 is 0 Å². The highest BCUT2D eigenvalue weighted by molar-refractivity contribution is 9.10. The highest BCUT2D eigenvalue weighted by atomic mass is 79.9. The lowest BCUT2D eigenvalue weighted by Gasteiger charge is -2.43. The molecule has 3 nitrogen and oxygen atoms in total. The SMILES string of the molecule is Cl.NC1(C(=O)NCC2(c3cccc(Br)c3)CCC2)CC1. The molecule has 0 radical (unpaired) electrons. The average molecular weight is 360 g/mol. The van der Waals surface area contributed by atoms with Crippen molar-refractivity contribution in [2.75, 3.05) is 6.54 Å². The third kappa shape index (κ3) is 2.87. The topological polar surface area (TPSA) is 55.1 Å². The van der Waals surface area contributed by atoms with Gasteiger partial charge in [0.2, 0.25) is 5.91 Å². The molecule has 0 aromatic heterocycles. The number of halogens is 2. The normalized spacial score (nSPS) is 21.3. The van der Waals surface area contributed by atoms with Gasteiger partial charge in [0.1, 0.15) is 0 Å². The van der Waals surface area contributed by atoms with Crippen LogP contribution in [0.2, 0.25) is 0 Å². The quantitative estimate of drug-likeness (QED) is 0.868. The average Bonchev–Trinajstić information content (AvgIpc) is 3.07. The molecular formula is C15H20BrClN2O. The molecule has 0 unspecified atom stereocenters. The van der Waals surface area contributed by atoms with Crippen molar-refractivity contribution in [3.63, 3.8) is 0 Å². The minimum atomic E-state index is -0.567. The molecule has 2 saturated carbocycles. The van der Waals surface area contributed by atoms with E-state index in [-0.39, 0.29) is 23.7 Å². The highest BCUT2D eigenvalue weighted by Crippen LogP contribution is 2.44. The molecule has 110 valence electrons. The maximum atomic E-state index is 12.0. The van der Waals surface area contributed by atoms with Crippen molar-refractivity contribution in [2.45, 2.75) is 43.1 Å². The van der Waals surface area contributed by atoms with Crippen molar-refractivity contribution in [1.82, 2.24) is 5.32 Å². The Bertz CT molecular complexity index is 512. The predicted molar refractivity (Wildman–Crippen MR) is 86.1 cm³/mol. The smallest absolute Gasteiger partial charge is 0.240 e. The number of carbonyl (C=O) groups is 1. The van der Waals surface area contributed by atoms with Crippen molar-refractivity contribution in [3.05, 3.63) is 34.3 Å². The number of benzene rings is 1. The van der Waals surface area contributed by atoms with Crippen LogP contribution in [-0.4, -0.2) is 18.0 Å². The standard InChI is InChI=1S/C15H19BrN2O.ClH/c16-12-4-1-3-11(9-12)14(5-2-6-14)10-18-13(19)15(17)7-8-15;/h1,3-4,9H,2,5-8,10,17H2,(H,18,19);1H. The first-order chi connectivity index (χ1) is 9.04. The second kappa shape index (κ2) is 5.66. The molecule has 2 fully saturated rings. The lowest BCUT2D eigenvalue weighted by atomic mass is 9.64. The summed E-state index contributed by atoms with van der Waals surface area (Å²) < 4.78 is 1.10. The van der Waals surface area contributed by atoms with E-state index in [2.05, 4.69) is 39.4 Å². The Morgan fingerprint density at radius 3 is 2.50 bits per heavy atom. The summed E-state index contributed by atoms with van der Waals surface area (Å²) in [4.78, 5) is 12.0. The molecule has 0 saturated heterocycles. The predicted octanol–water partition coefficient (Wildman–Crippen LogP) is 2.90. The van der Waals surface area contributed by atoms with E-state index in [1.54, 1.807) is 0 Å². The van der Waals surface area contributed by atoms with Gasteiger partial charge in [0.05, 0.1) is 5.54 Å². The Kier molecular flexibility index (Phi) is 4.47. The number of carbonyl (C=O) groups excluding carboxylic acids is 1. The third-order valence-electron chi connectivity index (χ3n) is 4.58. The summed E-state index contributed by atoms with van der Waals surface area (Å²) in [5.74, 6) is 0.0220. The van der Waals surface area contributed by atoms with Crippen molar-refractivity contribution in [3.8, 4) is 0 Å². The molecule has 0 spiro atoms. The van der Waals surface area contributed by atoms with Gasteiger partial charge in [-0.3, -0.25) is 4.79 Å². The molecule has 0 bridgehead atoms. The van der Waals surface area contributed by atoms with Gasteiger partial charge in [-0.25, -0.2) is 0 Å². The zero-order valence-corrected chi connectivity index (χ0v) is 13.7. The summed E-state index contributed by atoms with van der Waals surface area (Å²) in [5.41, 5.74) is 6.79. The van der Waals surface area contributed by atoms with Gasteiger partial charge in [-0.1, -0.05) is 34.5 Å². The molecule has 3 rings (SSSR count). The summed E-state index contributed by atoms with van der Waals surface area (Å²) in [6.07, 6.45) is 5.16. The molecule has 0 aliphatic heterocycles. The van der Waals surface area contributed by atoms with Crippen LogP contribution in [0.4, 0.5) is 0 Å². The van der Waals surface area contributed by atoms with Crippen LogP contribution in [0.3, 0.4) is 0 Å². The molecule has 1 aromatic carbocycles. The summed E-state index contributed by atoms with van der Waals surface area (Å²) >= 11 is 3.52. The summed E-state index contributed by atoms with van der Waals surface area (Å²) in [7, 11) is 0. The maximum Gasteiger partial charge on any atom is 0.240 e. The molecule has 2 aliphatic rings. The van der Waals surface area contributed by atoms with Gasteiger partial charge < -0.3 is 11.1 Å². The van der Waals surface area contributed by atoms with Gasteiger partial charge in [-0.2, -0.15) is 0 Å². The number of hydrogen-bond acceptors (Lipinski definition) is 2. The Balaban J connectivity index is 0.00000147. The fourth-order valence-electron chi connectivity index (χ4n) is 2.78. The van der Waals surface area contributed by atoms with E-state index in [4.69, 9.17) is 5.73 Å². The van der Waals surface area contributed by atoms with Crippen LogP contribution in [0.25, 0.3) is 0 Å². The summed E-state index contributed by atoms with van der Waals surface area (Å²) in [6, 6.07) is 8.42. The third-order valence-corrected chi connectivity index (χ3v) is 5.07. The zero-order chi connectivity index (χ0) is 13.5. The summed E-state index contributed by atoms with van der Waals surface area (Å²) in [6.45, 7) is 0.710. The Hall–Kier alpha value is -0.580. The van der Waals surface area contributed by atoms with Crippen LogP contribution in [0.15, 0.2) is 28.7 Å². The molecule has 20 heavy (non-hydrogen) atoms. The second-order valence-electron chi connectivity index (χ2n) is 5.98. The Morgan fingerprint density at radius 2 is 2.00 bits per heavy atom. The Labute approximate surface area is 134 Å². The van der Waals surface area contributed by atoms with E-state index < -0.39 is 5.54 Å². The second-order valence-corrected chi connectivity index (χ2v) is 6.90. The largest absolute Gasteiger partial charge is 0.354 e. The van der Waals surface area contributed by atoms with Gasteiger partial charge in [-0.15, -0.1) is 12.4 Å². The zero-order valence-electron chi connectivity index (χ0n) is 11.3. The van der Waals surface area contributed by atoms with Crippen LogP contribution in [0.5, 0.6) is 0 Å². The molecule has 1 amide bonds. The van der Waals surface area contributed by atoms with Crippen molar-refractivity contribution < 1.29 is 4.79 Å². The highest BCUT2D eigenvalue weighted by Gasteiger charge is 2.47. The molecule has 0 heterocycles. The lowest BCUT2D eigenvalue weighted by molar-refractivity contribution is -0.123. The van der Waals surface area contributed by atoms with Crippen molar-refractivity contribution in [2.24, 2.45) is 5.73 Å². The molecule has 2 aliphatic carbocycles. The van der Waals surface area contributed by atoms with Crippen LogP contribution in [-0.2, 0) is 10.2 Å². The van der Waals surface area contributed by atoms with Crippen molar-refractivity contribution in [1.29, 1.82) is 0 Å². The van der Waals surface area contributed by atoms with Gasteiger partial charge in [0, 0.05) is 16.4 Å². The van der Waals surface area contributed by atoms with E-state index in [0.717, 1.165) is 30.2 Å². The van der Waals surface area contributed by atoms with Crippen molar-refractivity contribution >= 4 is 34.2 Å². The van der Waals surface area contributed by atoms with Gasteiger partial charge in [0.25, 0.3) is 0 Å². The number of rotatable bonds is 4. The van der Waals surface area contributed by atoms with Crippen LogP contribution in [0.1, 0.15) is 37.7 Å². The van der Waals surface area contributed by atoms with Gasteiger partial charge in [-0.05, 0) is 43.4 Å².